The average molecular weight is 266 g/mol. The first-order valence-corrected chi connectivity index (χ1v) is 6.98. The maximum atomic E-state index is 10.1. The van der Waals surface area contributed by atoms with E-state index in [1.54, 1.807) is 6.07 Å². The molecule has 2 aromatic rings. The highest BCUT2D eigenvalue weighted by Gasteiger charge is 2.29. The lowest BCUT2D eigenvalue weighted by Crippen LogP contribution is -2.18. The van der Waals surface area contributed by atoms with Crippen LogP contribution < -0.4 is 5.01 Å². The fourth-order valence-corrected chi connectivity index (χ4v) is 2.62. The summed E-state index contributed by atoms with van der Waals surface area (Å²) in [6.45, 7) is 2.12. The van der Waals surface area contributed by atoms with E-state index in [1.807, 2.05) is 41.4 Å². The molecule has 0 aromatic heterocycles. The van der Waals surface area contributed by atoms with E-state index in [2.05, 4.69) is 19.1 Å². The number of nitrogens with zero attached hydrogens (tertiary/aromatic N) is 2. The van der Waals surface area contributed by atoms with Gasteiger partial charge in [-0.05, 0) is 24.6 Å². The van der Waals surface area contributed by atoms with Crippen molar-refractivity contribution in [3.8, 4) is 5.75 Å². The third-order valence-corrected chi connectivity index (χ3v) is 3.70. The zero-order valence-electron chi connectivity index (χ0n) is 11.5. The molecule has 1 aliphatic rings. The van der Waals surface area contributed by atoms with Crippen molar-refractivity contribution >= 4 is 11.4 Å². The van der Waals surface area contributed by atoms with Gasteiger partial charge in [0.25, 0.3) is 0 Å². The van der Waals surface area contributed by atoms with Crippen LogP contribution in [0.25, 0.3) is 0 Å². The molecule has 3 nitrogen and oxygen atoms in total. The molecule has 0 radical (unpaired) electrons. The Kier molecular flexibility index (Phi) is 3.42. The molecule has 20 heavy (non-hydrogen) atoms. The molecule has 1 aliphatic heterocycles. The summed E-state index contributed by atoms with van der Waals surface area (Å²) in [5.74, 6) is 0.339. The molecule has 2 aromatic carbocycles. The van der Waals surface area contributed by atoms with Crippen LogP contribution in [-0.2, 0) is 0 Å². The van der Waals surface area contributed by atoms with E-state index in [9.17, 15) is 5.11 Å². The number of aromatic hydroxyl groups is 1. The molecule has 102 valence electrons. The lowest BCUT2D eigenvalue weighted by Gasteiger charge is -2.24. The molecule has 0 fully saturated rings. The van der Waals surface area contributed by atoms with Crippen LogP contribution in [0.5, 0.6) is 5.75 Å². The number of rotatable bonds is 3. The topological polar surface area (TPSA) is 35.8 Å². The van der Waals surface area contributed by atoms with Gasteiger partial charge in [0.15, 0.2) is 0 Å². The smallest absolute Gasteiger partial charge is 0.120 e. The van der Waals surface area contributed by atoms with Gasteiger partial charge in [-0.15, -0.1) is 0 Å². The van der Waals surface area contributed by atoms with Crippen LogP contribution in [0.1, 0.15) is 31.4 Å². The SMILES string of the molecule is CCC1=NN(c2ccccc2)[C@@H](c2ccccc2O)C1. The van der Waals surface area contributed by atoms with Crippen molar-refractivity contribution in [3.05, 3.63) is 60.2 Å². The zero-order chi connectivity index (χ0) is 13.9. The third kappa shape index (κ3) is 2.27. The third-order valence-electron chi connectivity index (χ3n) is 3.70. The van der Waals surface area contributed by atoms with Gasteiger partial charge in [0.2, 0.25) is 0 Å². The molecule has 0 aliphatic carbocycles. The summed E-state index contributed by atoms with van der Waals surface area (Å²) in [5.41, 5.74) is 3.16. The van der Waals surface area contributed by atoms with E-state index in [-0.39, 0.29) is 6.04 Å². The molecule has 0 saturated heterocycles. The second-order valence-electron chi connectivity index (χ2n) is 4.98. The largest absolute Gasteiger partial charge is 0.508 e. The van der Waals surface area contributed by atoms with Gasteiger partial charge in [0.1, 0.15) is 5.75 Å². The maximum absolute atomic E-state index is 10.1. The Balaban J connectivity index is 2.01. The Morgan fingerprint density at radius 1 is 1.10 bits per heavy atom. The number of phenolic OH excluding ortho intramolecular Hbond substituents is 1. The highest BCUT2D eigenvalue weighted by Crippen LogP contribution is 2.38. The predicted molar refractivity (Wildman–Crippen MR) is 82.1 cm³/mol. The van der Waals surface area contributed by atoms with E-state index in [0.29, 0.717) is 5.75 Å². The molecule has 1 atom stereocenters. The van der Waals surface area contributed by atoms with Crippen molar-refractivity contribution in [2.45, 2.75) is 25.8 Å². The molecule has 0 spiro atoms. The quantitative estimate of drug-likeness (QED) is 0.907. The second kappa shape index (κ2) is 5.37. The number of hydrogen-bond donors (Lipinski definition) is 1. The Morgan fingerprint density at radius 2 is 1.80 bits per heavy atom. The van der Waals surface area contributed by atoms with Crippen LogP contribution in [0.2, 0.25) is 0 Å². The summed E-state index contributed by atoms with van der Waals surface area (Å²) < 4.78 is 0. The van der Waals surface area contributed by atoms with Crippen LogP contribution in [0.4, 0.5) is 5.69 Å². The Morgan fingerprint density at radius 3 is 2.50 bits per heavy atom. The molecular formula is C17H18N2O. The van der Waals surface area contributed by atoms with Crippen LogP contribution in [0.15, 0.2) is 59.7 Å². The van der Waals surface area contributed by atoms with Crippen LogP contribution in [-0.4, -0.2) is 10.8 Å². The van der Waals surface area contributed by atoms with Gasteiger partial charge in [-0.2, -0.15) is 5.10 Å². The van der Waals surface area contributed by atoms with Gasteiger partial charge < -0.3 is 5.11 Å². The molecule has 3 rings (SSSR count). The van der Waals surface area contributed by atoms with Crippen molar-refractivity contribution in [1.29, 1.82) is 0 Å². The average Bonchev–Trinajstić information content (AvgIpc) is 2.93. The molecular weight excluding hydrogens is 248 g/mol. The molecule has 1 N–H and O–H groups in total. The van der Waals surface area contributed by atoms with E-state index < -0.39 is 0 Å². The second-order valence-corrected chi connectivity index (χ2v) is 4.98. The molecule has 1 heterocycles. The number of anilines is 1. The summed E-state index contributed by atoms with van der Waals surface area (Å²) in [7, 11) is 0. The highest BCUT2D eigenvalue weighted by atomic mass is 16.3. The van der Waals surface area contributed by atoms with Crippen molar-refractivity contribution in [2.24, 2.45) is 5.10 Å². The van der Waals surface area contributed by atoms with Gasteiger partial charge in [-0.1, -0.05) is 43.3 Å². The summed E-state index contributed by atoms with van der Waals surface area (Å²) in [6.07, 6.45) is 1.80. The van der Waals surface area contributed by atoms with E-state index in [1.165, 1.54) is 5.71 Å². The number of hydrazone groups is 1. The minimum Gasteiger partial charge on any atom is -0.508 e. The molecule has 0 saturated carbocycles. The fourth-order valence-electron chi connectivity index (χ4n) is 2.62. The summed E-state index contributed by atoms with van der Waals surface area (Å²) >= 11 is 0. The summed E-state index contributed by atoms with van der Waals surface area (Å²) in [5, 5.41) is 16.9. The summed E-state index contributed by atoms with van der Waals surface area (Å²) in [4.78, 5) is 0. The first kappa shape index (κ1) is 12.7. The maximum Gasteiger partial charge on any atom is 0.120 e. The van der Waals surface area contributed by atoms with Crippen molar-refractivity contribution in [1.82, 2.24) is 0 Å². The highest BCUT2D eigenvalue weighted by molar-refractivity contribution is 5.88. The van der Waals surface area contributed by atoms with Crippen LogP contribution >= 0.6 is 0 Å². The van der Waals surface area contributed by atoms with Crippen molar-refractivity contribution < 1.29 is 5.11 Å². The molecule has 0 unspecified atom stereocenters. The normalized spacial score (nSPS) is 18.1. The Hall–Kier alpha value is -2.29. The fraction of sp³-hybridized carbons (Fsp3) is 0.235. The monoisotopic (exact) mass is 266 g/mol. The van der Waals surface area contributed by atoms with Gasteiger partial charge in [0, 0.05) is 17.7 Å². The van der Waals surface area contributed by atoms with Crippen molar-refractivity contribution in [2.75, 3.05) is 5.01 Å². The zero-order valence-corrected chi connectivity index (χ0v) is 11.5. The standard InChI is InChI=1S/C17H18N2O/c1-2-13-12-16(15-10-6-7-11-17(15)20)19(18-13)14-8-4-3-5-9-14/h3-11,16,20H,2,12H2,1H3/t16-/m1/s1. The number of para-hydroxylation sites is 2. The van der Waals surface area contributed by atoms with Crippen LogP contribution in [0.3, 0.4) is 0 Å². The molecule has 3 heteroatoms. The first-order chi connectivity index (χ1) is 9.79. The van der Waals surface area contributed by atoms with E-state index in [4.69, 9.17) is 5.10 Å². The summed E-state index contributed by atoms with van der Waals surface area (Å²) in [6, 6.07) is 17.7. The minimum absolute atomic E-state index is 0.0774. The van der Waals surface area contributed by atoms with E-state index in [0.717, 1.165) is 24.1 Å². The van der Waals surface area contributed by atoms with Crippen LogP contribution in [0, 0.1) is 0 Å². The van der Waals surface area contributed by atoms with Gasteiger partial charge in [-0.3, -0.25) is 5.01 Å². The van der Waals surface area contributed by atoms with Crippen molar-refractivity contribution in [3.63, 3.8) is 0 Å². The number of hydrogen-bond acceptors (Lipinski definition) is 3. The lowest BCUT2D eigenvalue weighted by molar-refractivity contribution is 0.461. The van der Waals surface area contributed by atoms with E-state index >= 15 is 0 Å². The molecule has 0 bridgehead atoms. The minimum atomic E-state index is 0.0774. The first-order valence-electron chi connectivity index (χ1n) is 6.98. The van der Waals surface area contributed by atoms with Gasteiger partial charge >= 0.3 is 0 Å². The molecule has 0 amide bonds. The van der Waals surface area contributed by atoms with Gasteiger partial charge in [-0.25, -0.2) is 0 Å². The number of benzene rings is 2. The number of phenols is 1. The predicted octanol–water partition coefficient (Wildman–Crippen LogP) is 4.11. The lowest BCUT2D eigenvalue weighted by atomic mass is 9.99. The Bertz CT molecular complexity index is 622. The Labute approximate surface area is 119 Å². The van der Waals surface area contributed by atoms with Gasteiger partial charge in [0.05, 0.1) is 11.7 Å².